The fourth-order valence-electron chi connectivity index (χ4n) is 3.12. The molecule has 4 rings (SSSR count). The van der Waals surface area contributed by atoms with Crippen molar-refractivity contribution < 1.29 is 14.5 Å². The van der Waals surface area contributed by atoms with Crippen molar-refractivity contribution in [1.29, 1.82) is 0 Å². The van der Waals surface area contributed by atoms with Crippen LogP contribution in [0.5, 0.6) is 0 Å². The van der Waals surface area contributed by atoms with E-state index in [-0.39, 0.29) is 29.5 Å². The predicted octanol–water partition coefficient (Wildman–Crippen LogP) is 3.60. The van der Waals surface area contributed by atoms with Gasteiger partial charge < -0.3 is 10.6 Å². The summed E-state index contributed by atoms with van der Waals surface area (Å²) in [5.74, 6) is -0.186. The minimum Gasteiger partial charge on any atom is -0.345 e. The van der Waals surface area contributed by atoms with E-state index in [1.54, 1.807) is 23.1 Å². The Morgan fingerprint density at radius 1 is 1.17 bits per heavy atom. The van der Waals surface area contributed by atoms with Crippen LogP contribution in [-0.4, -0.2) is 42.2 Å². The topological polar surface area (TPSA) is 145 Å². The van der Waals surface area contributed by atoms with E-state index in [0.717, 1.165) is 5.69 Å². The number of thiazole rings is 1. The van der Waals surface area contributed by atoms with E-state index in [2.05, 4.69) is 25.8 Å². The number of hydrogen-bond acceptors (Lipinski definition) is 9. The normalized spacial score (nSPS) is 10.7. The molecule has 11 nitrogen and oxygen atoms in total. The van der Waals surface area contributed by atoms with E-state index in [1.807, 2.05) is 30.3 Å². The number of aromatic nitrogens is 4. The van der Waals surface area contributed by atoms with Crippen molar-refractivity contribution in [2.24, 2.45) is 0 Å². The molecule has 0 unspecified atom stereocenters. The molecule has 0 spiro atoms. The van der Waals surface area contributed by atoms with Gasteiger partial charge >= 0.3 is 0 Å². The van der Waals surface area contributed by atoms with Crippen LogP contribution in [0.2, 0.25) is 0 Å². The van der Waals surface area contributed by atoms with Gasteiger partial charge in [-0.2, -0.15) is 0 Å². The first-order valence-electron chi connectivity index (χ1n) is 10.3. The second kappa shape index (κ2) is 10.9. The smallest absolute Gasteiger partial charge is 0.273 e. The molecular formula is C22H19N7O4S2. The number of carbonyl (C=O) groups excluding carboxylic acids is 2. The van der Waals surface area contributed by atoms with Crippen molar-refractivity contribution in [2.45, 2.75) is 18.6 Å². The molecule has 2 aromatic carbocycles. The molecule has 0 saturated heterocycles. The van der Waals surface area contributed by atoms with Crippen LogP contribution in [0, 0.1) is 17.0 Å². The van der Waals surface area contributed by atoms with Crippen molar-refractivity contribution in [3.05, 3.63) is 87.2 Å². The summed E-state index contributed by atoms with van der Waals surface area (Å²) in [5.41, 5.74) is 1.27. The molecule has 0 aliphatic carbocycles. The van der Waals surface area contributed by atoms with Crippen molar-refractivity contribution in [3.8, 4) is 5.69 Å². The average Bonchev–Trinajstić information content (AvgIpc) is 3.51. The quantitative estimate of drug-likeness (QED) is 0.198. The minimum absolute atomic E-state index is 0.0221. The minimum atomic E-state index is -0.522. The van der Waals surface area contributed by atoms with Gasteiger partial charge in [0.25, 0.3) is 11.6 Å². The van der Waals surface area contributed by atoms with Gasteiger partial charge in [0, 0.05) is 34.5 Å². The average molecular weight is 510 g/mol. The molecule has 0 radical (unpaired) electrons. The van der Waals surface area contributed by atoms with Gasteiger partial charge in [-0.15, -0.1) is 21.5 Å². The SMILES string of the molecule is Cc1ccc(C(=O)NCc2nnc(SCC(=O)Nc3nccs3)n2-c2ccccc2)cc1[N+](=O)[O-]. The number of amides is 2. The number of para-hydroxylation sites is 1. The van der Waals surface area contributed by atoms with Crippen LogP contribution in [-0.2, 0) is 11.3 Å². The van der Waals surface area contributed by atoms with Crippen molar-refractivity contribution >= 4 is 45.7 Å². The lowest BCUT2D eigenvalue weighted by Crippen LogP contribution is -2.24. The molecule has 2 heterocycles. The second-order valence-corrected chi connectivity index (χ2v) is 9.02. The molecule has 0 aliphatic rings. The number of nitro benzene ring substituents is 1. The lowest BCUT2D eigenvalue weighted by Gasteiger charge is -2.11. The van der Waals surface area contributed by atoms with E-state index in [0.29, 0.717) is 21.7 Å². The maximum atomic E-state index is 12.7. The van der Waals surface area contributed by atoms with Crippen molar-refractivity contribution in [1.82, 2.24) is 25.1 Å². The summed E-state index contributed by atoms with van der Waals surface area (Å²) in [6, 6.07) is 13.6. The monoisotopic (exact) mass is 509 g/mol. The molecule has 178 valence electrons. The van der Waals surface area contributed by atoms with E-state index in [1.165, 1.54) is 41.3 Å². The summed E-state index contributed by atoms with van der Waals surface area (Å²) < 4.78 is 1.75. The summed E-state index contributed by atoms with van der Waals surface area (Å²) in [7, 11) is 0. The third-order valence-electron chi connectivity index (χ3n) is 4.80. The molecule has 0 bridgehead atoms. The van der Waals surface area contributed by atoms with Crippen LogP contribution in [0.1, 0.15) is 21.7 Å². The molecule has 2 N–H and O–H groups in total. The van der Waals surface area contributed by atoms with Crippen LogP contribution in [0.4, 0.5) is 10.8 Å². The molecule has 0 aliphatic heterocycles. The summed E-state index contributed by atoms with van der Waals surface area (Å²) in [5, 5.41) is 27.8. The van der Waals surface area contributed by atoms with Crippen LogP contribution in [0.3, 0.4) is 0 Å². The Kier molecular flexibility index (Phi) is 7.48. The zero-order valence-corrected chi connectivity index (χ0v) is 20.0. The molecule has 0 fully saturated rings. The molecule has 4 aromatic rings. The number of benzene rings is 2. The van der Waals surface area contributed by atoms with Crippen molar-refractivity contribution in [2.75, 3.05) is 11.1 Å². The summed E-state index contributed by atoms with van der Waals surface area (Å²) in [4.78, 5) is 39.7. The summed E-state index contributed by atoms with van der Waals surface area (Å²) in [6.45, 7) is 1.63. The zero-order chi connectivity index (χ0) is 24.8. The van der Waals surface area contributed by atoms with Gasteiger partial charge in [-0.3, -0.25) is 24.3 Å². The highest BCUT2D eigenvalue weighted by atomic mass is 32.2. The van der Waals surface area contributed by atoms with Gasteiger partial charge in [0.15, 0.2) is 16.1 Å². The van der Waals surface area contributed by atoms with Crippen molar-refractivity contribution in [3.63, 3.8) is 0 Å². The van der Waals surface area contributed by atoms with Gasteiger partial charge in [-0.25, -0.2) is 4.98 Å². The highest BCUT2D eigenvalue weighted by Crippen LogP contribution is 2.23. The molecule has 0 saturated carbocycles. The maximum Gasteiger partial charge on any atom is 0.273 e. The number of aryl methyl sites for hydroxylation is 1. The fourth-order valence-corrected chi connectivity index (χ4v) is 4.44. The van der Waals surface area contributed by atoms with Gasteiger partial charge in [-0.05, 0) is 25.1 Å². The molecule has 0 atom stereocenters. The van der Waals surface area contributed by atoms with E-state index < -0.39 is 10.8 Å². The number of thioether (sulfide) groups is 1. The van der Waals surface area contributed by atoms with Crippen LogP contribution < -0.4 is 10.6 Å². The van der Waals surface area contributed by atoms with Gasteiger partial charge in [0.2, 0.25) is 5.91 Å². The standard InChI is InChI=1S/C22H19N7O4S2/c1-14-7-8-15(11-17(14)29(32)33)20(31)24-12-18-26-27-22(28(18)16-5-3-2-4-6-16)35-13-19(30)25-21-23-9-10-34-21/h2-11H,12-13H2,1H3,(H,24,31)(H,23,25,30). The lowest BCUT2D eigenvalue weighted by molar-refractivity contribution is -0.385. The predicted molar refractivity (Wildman–Crippen MR) is 132 cm³/mol. The van der Waals surface area contributed by atoms with Gasteiger partial charge in [-0.1, -0.05) is 36.0 Å². The Morgan fingerprint density at radius 2 is 1.97 bits per heavy atom. The fraction of sp³-hybridized carbons (Fsp3) is 0.136. The Hall–Kier alpha value is -4.10. The van der Waals surface area contributed by atoms with E-state index in [9.17, 15) is 19.7 Å². The maximum absolute atomic E-state index is 12.7. The largest absolute Gasteiger partial charge is 0.345 e. The number of rotatable bonds is 9. The number of carbonyl (C=O) groups is 2. The number of hydrogen-bond donors (Lipinski definition) is 2. The zero-order valence-electron chi connectivity index (χ0n) is 18.4. The Morgan fingerprint density at radius 3 is 2.69 bits per heavy atom. The Balaban J connectivity index is 1.50. The highest BCUT2D eigenvalue weighted by molar-refractivity contribution is 7.99. The number of nitrogens with one attached hydrogen (secondary N) is 2. The third kappa shape index (κ3) is 5.88. The first kappa shape index (κ1) is 24.0. The molecule has 35 heavy (non-hydrogen) atoms. The molecule has 2 aromatic heterocycles. The van der Waals surface area contributed by atoms with E-state index >= 15 is 0 Å². The molecule has 13 heteroatoms. The van der Waals surface area contributed by atoms with Gasteiger partial charge in [0.1, 0.15) is 0 Å². The Labute approximate surface area is 207 Å². The number of nitro groups is 1. The van der Waals surface area contributed by atoms with Crippen LogP contribution >= 0.6 is 23.1 Å². The first-order chi connectivity index (χ1) is 16.9. The summed E-state index contributed by atoms with van der Waals surface area (Å²) in [6.07, 6.45) is 1.61. The third-order valence-corrected chi connectivity index (χ3v) is 6.42. The van der Waals surface area contributed by atoms with Crippen LogP contribution in [0.25, 0.3) is 5.69 Å². The highest BCUT2D eigenvalue weighted by Gasteiger charge is 2.19. The Bertz CT molecular complexity index is 1360. The van der Waals surface area contributed by atoms with Crippen LogP contribution in [0.15, 0.2) is 65.3 Å². The summed E-state index contributed by atoms with van der Waals surface area (Å²) >= 11 is 2.52. The van der Waals surface area contributed by atoms with Gasteiger partial charge in [0.05, 0.1) is 17.2 Å². The van der Waals surface area contributed by atoms with E-state index in [4.69, 9.17) is 0 Å². The molecule has 2 amide bonds. The first-order valence-corrected chi connectivity index (χ1v) is 12.1. The molecular weight excluding hydrogens is 490 g/mol. The number of nitrogens with zero attached hydrogens (tertiary/aromatic N) is 5. The number of anilines is 1. The lowest BCUT2D eigenvalue weighted by atomic mass is 10.1. The second-order valence-electron chi connectivity index (χ2n) is 7.18.